The van der Waals surface area contributed by atoms with E-state index < -0.39 is 5.25 Å². The number of halogens is 1. The van der Waals surface area contributed by atoms with Crippen LogP contribution in [0.1, 0.15) is 6.92 Å². The normalized spacial score (nSPS) is 12.1. The Morgan fingerprint density at radius 3 is 2.68 bits per heavy atom. The van der Waals surface area contributed by atoms with Gasteiger partial charge in [0.15, 0.2) is 5.82 Å². The van der Waals surface area contributed by atoms with Crippen molar-refractivity contribution in [1.82, 2.24) is 15.2 Å². The first-order valence-electron chi connectivity index (χ1n) is 8.74. The van der Waals surface area contributed by atoms with Gasteiger partial charge in [0.25, 0.3) is 0 Å². The van der Waals surface area contributed by atoms with Gasteiger partial charge in [-0.25, -0.2) is 9.37 Å². The molecule has 0 aliphatic carbocycles. The van der Waals surface area contributed by atoms with Gasteiger partial charge >= 0.3 is 0 Å². The van der Waals surface area contributed by atoms with Gasteiger partial charge in [-0.05, 0) is 30.5 Å². The van der Waals surface area contributed by atoms with E-state index in [1.165, 1.54) is 17.8 Å². The Labute approximate surface area is 165 Å². The fraction of sp³-hybridized carbons (Fsp3) is 0.0952. The zero-order valence-electron chi connectivity index (χ0n) is 15.0. The number of hydrogen-bond donors (Lipinski definition) is 2. The zero-order chi connectivity index (χ0) is 19.5. The lowest BCUT2D eigenvalue weighted by molar-refractivity contribution is -0.115. The minimum atomic E-state index is -0.428. The van der Waals surface area contributed by atoms with Crippen LogP contribution >= 0.6 is 11.8 Å². The first-order chi connectivity index (χ1) is 13.6. The molecular weight excluding hydrogens is 375 g/mol. The summed E-state index contributed by atoms with van der Waals surface area (Å²) in [5.74, 6) is -0.196. The van der Waals surface area contributed by atoms with Gasteiger partial charge in [0, 0.05) is 11.1 Å². The van der Waals surface area contributed by atoms with Crippen LogP contribution in [0.3, 0.4) is 0 Å². The van der Waals surface area contributed by atoms with E-state index in [1.807, 2.05) is 42.5 Å². The number of hydrogen-bond acceptors (Lipinski definition) is 4. The van der Waals surface area contributed by atoms with E-state index >= 15 is 0 Å². The Morgan fingerprint density at radius 1 is 1.07 bits per heavy atom. The highest BCUT2D eigenvalue weighted by Crippen LogP contribution is 2.27. The minimum Gasteiger partial charge on any atom is -0.325 e. The molecule has 4 rings (SSSR count). The molecule has 1 aromatic heterocycles. The van der Waals surface area contributed by atoms with Crippen molar-refractivity contribution in [3.63, 3.8) is 0 Å². The standard InChI is InChI=1S/C21H17FN4OS/c1-13(20(27)23-18-12-6-8-14-7-2-3-9-15(14)18)28-21-24-19(25-26-21)16-10-4-5-11-17(16)22/h2-13H,1H3,(H,23,27)(H,24,25,26)/t13-/m1/s1. The molecule has 0 aliphatic rings. The molecule has 0 bridgehead atoms. The molecular formula is C21H17FN4OS. The Bertz CT molecular complexity index is 1140. The van der Waals surface area contributed by atoms with E-state index in [2.05, 4.69) is 20.5 Å². The number of fused-ring (bicyclic) bond motifs is 1. The molecule has 3 aromatic carbocycles. The first kappa shape index (κ1) is 18.2. The summed E-state index contributed by atoms with van der Waals surface area (Å²) in [6, 6.07) is 20.0. The Kier molecular flexibility index (Phi) is 5.08. The smallest absolute Gasteiger partial charge is 0.237 e. The lowest BCUT2D eigenvalue weighted by atomic mass is 10.1. The molecule has 4 aromatic rings. The number of amides is 1. The molecule has 0 unspecified atom stereocenters. The summed E-state index contributed by atoms with van der Waals surface area (Å²) in [4.78, 5) is 16.9. The van der Waals surface area contributed by atoms with Crippen molar-refractivity contribution in [2.45, 2.75) is 17.3 Å². The zero-order valence-corrected chi connectivity index (χ0v) is 15.8. The summed E-state index contributed by atoms with van der Waals surface area (Å²) < 4.78 is 13.9. The van der Waals surface area contributed by atoms with E-state index in [0.29, 0.717) is 16.5 Å². The van der Waals surface area contributed by atoms with Crippen LogP contribution in [0.5, 0.6) is 0 Å². The Balaban J connectivity index is 1.47. The molecule has 7 heteroatoms. The van der Waals surface area contributed by atoms with Crippen LogP contribution in [0.25, 0.3) is 22.2 Å². The first-order valence-corrected chi connectivity index (χ1v) is 9.62. The summed E-state index contributed by atoms with van der Waals surface area (Å²) in [6.45, 7) is 1.78. The molecule has 5 nitrogen and oxygen atoms in total. The number of thioether (sulfide) groups is 1. The lowest BCUT2D eigenvalue weighted by Gasteiger charge is -2.12. The summed E-state index contributed by atoms with van der Waals surface area (Å²) in [5, 5.41) is 11.8. The number of anilines is 1. The summed E-state index contributed by atoms with van der Waals surface area (Å²) in [6.07, 6.45) is 0. The van der Waals surface area contributed by atoms with E-state index in [4.69, 9.17) is 0 Å². The largest absolute Gasteiger partial charge is 0.325 e. The molecule has 0 aliphatic heterocycles. The predicted molar refractivity (Wildman–Crippen MR) is 110 cm³/mol. The molecule has 28 heavy (non-hydrogen) atoms. The maximum Gasteiger partial charge on any atom is 0.237 e. The van der Waals surface area contributed by atoms with Crippen LogP contribution < -0.4 is 5.32 Å². The molecule has 2 N–H and O–H groups in total. The SMILES string of the molecule is C[C@@H](Sc1n[nH]c(-c2ccccc2F)n1)C(=O)Nc1cccc2ccccc12. The van der Waals surface area contributed by atoms with Crippen LogP contribution in [0.2, 0.25) is 0 Å². The minimum absolute atomic E-state index is 0.154. The molecule has 140 valence electrons. The monoisotopic (exact) mass is 392 g/mol. The van der Waals surface area contributed by atoms with Crippen molar-refractivity contribution < 1.29 is 9.18 Å². The molecule has 0 fully saturated rings. The fourth-order valence-electron chi connectivity index (χ4n) is 2.85. The van der Waals surface area contributed by atoms with Crippen molar-refractivity contribution in [2.24, 2.45) is 0 Å². The second kappa shape index (κ2) is 7.82. The van der Waals surface area contributed by atoms with E-state index in [9.17, 15) is 9.18 Å². The third-order valence-electron chi connectivity index (χ3n) is 4.29. The van der Waals surface area contributed by atoms with Crippen LogP contribution in [0, 0.1) is 5.82 Å². The average molecular weight is 392 g/mol. The highest BCUT2D eigenvalue weighted by Gasteiger charge is 2.19. The van der Waals surface area contributed by atoms with Crippen molar-refractivity contribution >= 4 is 34.1 Å². The topological polar surface area (TPSA) is 70.7 Å². The quantitative estimate of drug-likeness (QED) is 0.475. The number of aromatic nitrogens is 3. The Morgan fingerprint density at radius 2 is 1.82 bits per heavy atom. The maximum atomic E-state index is 13.9. The number of benzene rings is 3. The number of nitrogens with one attached hydrogen (secondary N) is 2. The molecule has 0 saturated carbocycles. The molecule has 1 heterocycles. The molecule has 0 radical (unpaired) electrons. The van der Waals surface area contributed by atoms with Crippen LogP contribution in [0.4, 0.5) is 10.1 Å². The number of aromatic amines is 1. The number of carbonyl (C=O) groups is 1. The second-order valence-corrected chi connectivity index (χ2v) is 7.53. The fourth-order valence-corrected chi connectivity index (χ4v) is 3.58. The lowest BCUT2D eigenvalue weighted by Crippen LogP contribution is -2.22. The van der Waals surface area contributed by atoms with Gasteiger partial charge in [-0.1, -0.05) is 60.3 Å². The average Bonchev–Trinajstić information content (AvgIpc) is 3.16. The number of rotatable bonds is 5. The van der Waals surface area contributed by atoms with E-state index in [1.54, 1.807) is 25.1 Å². The van der Waals surface area contributed by atoms with Crippen molar-refractivity contribution in [3.8, 4) is 11.4 Å². The molecule has 1 atom stereocenters. The maximum absolute atomic E-state index is 13.9. The Hall–Kier alpha value is -3.19. The van der Waals surface area contributed by atoms with Crippen molar-refractivity contribution in [1.29, 1.82) is 0 Å². The summed E-state index contributed by atoms with van der Waals surface area (Å²) in [5.41, 5.74) is 1.10. The molecule has 1 amide bonds. The van der Waals surface area contributed by atoms with Gasteiger partial charge in [-0.2, -0.15) is 0 Å². The van der Waals surface area contributed by atoms with E-state index in [0.717, 1.165) is 16.5 Å². The third kappa shape index (κ3) is 3.75. The third-order valence-corrected chi connectivity index (χ3v) is 5.25. The van der Waals surface area contributed by atoms with Crippen molar-refractivity contribution in [3.05, 3.63) is 72.5 Å². The summed E-state index contributed by atoms with van der Waals surface area (Å²) >= 11 is 1.21. The number of H-pyrrole nitrogens is 1. The molecule has 0 saturated heterocycles. The van der Waals surface area contributed by atoms with Gasteiger partial charge in [-0.15, -0.1) is 5.10 Å². The second-order valence-electron chi connectivity index (χ2n) is 6.22. The number of carbonyl (C=O) groups excluding carboxylic acids is 1. The highest BCUT2D eigenvalue weighted by molar-refractivity contribution is 8.00. The molecule has 0 spiro atoms. The summed E-state index contributed by atoms with van der Waals surface area (Å²) in [7, 11) is 0. The number of nitrogens with zero attached hydrogens (tertiary/aromatic N) is 2. The van der Waals surface area contributed by atoms with Gasteiger partial charge in [0.2, 0.25) is 11.1 Å². The van der Waals surface area contributed by atoms with Gasteiger partial charge in [0.1, 0.15) is 5.82 Å². The van der Waals surface area contributed by atoms with Gasteiger partial charge in [0.05, 0.1) is 10.8 Å². The van der Waals surface area contributed by atoms with Crippen molar-refractivity contribution in [2.75, 3.05) is 5.32 Å². The van der Waals surface area contributed by atoms with Crippen LogP contribution in [-0.2, 0) is 4.79 Å². The van der Waals surface area contributed by atoms with Gasteiger partial charge in [-0.3, -0.25) is 9.89 Å². The van der Waals surface area contributed by atoms with Crippen LogP contribution in [0.15, 0.2) is 71.9 Å². The van der Waals surface area contributed by atoms with E-state index in [-0.39, 0.29) is 11.7 Å². The van der Waals surface area contributed by atoms with Crippen LogP contribution in [-0.4, -0.2) is 26.3 Å². The van der Waals surface area contributed by atoms with Gasteiger partial charge < -0.3 is 5.32 Å². The predicted octanol–water partition coefficient (Wildman–Crippen LogP) is 4.88. The highest BCUT2D eigenvalue weighted by atomic mass is 32.2.